The second-order valence-electron chi connectivity index (χ2n) is 6.08. The van der Waals surface area contributed by atoms with E-state index in [1.54, 1.807) is 36.0 Å². The van der Waals surface area contributed by atoms with Gasteiger partial charge in [-0.3, -0.25) is 9.59 Å². The van der Waals surface area contributed by atoms with Gasteiger partial charge in [-0.2, -0.15) is 11.8 Å². The number of ether oxygens (including phenoxy) is 1. The van der Waals surface area contributed by atoms with Gasteiger partial charge in [0.15, 0.2) is 5.78 Å². The van der Waals surface area contributed by atoms with E-state index in [4.69, 9.17) is 4.74 Å². The van der Waals surface area contributed by atoms with Crippen molar-refractivity contribution < 1.29 is 24.2 Å². The van der Waals surface area contributed by atoms with Crippen molar-refractivity contribution >= 4 is 29.4 Å². The molecule has 1 saturated heterocycles. The second kappa shape index (κ2) is 8.89. The van der Waals surface area contributed by atoms with Crippen LogP contribution < -0.4 is 10.1 Å². The van der Waals surface area contributed by atoms with E-state index in [1.807, 2.05) is 0 Å². The fourth-order valence-electron chi connectivity index (χ4n) is 2.65. The molecule has 0 aliphatic carbocycles. The van der Waals surface area contributed by atoms with Gasteiger partial charge in [-0.05, 0) is 62.0 Å². The summed E-state index contributed by atoms with van der Waals surface area (Å²) in [7, 11) is 0. The highest BCUT2D eigenvalue weighted by Gasteiger charge is 2.40. The molecule has 2 N–H and O–H groups in total. The van der Waals surface area contributed by atoms with Gasteiger partial charge in [-0.25, -0.2) is 4.79 Å². The Kier molecular flexibility index (Phi) is 6.87. The average Bonchev–Trinajstić information content (AvgIpc) is 2.60. The van der Waals surface area contributed by atoms with Gasteiger partial charge < -0.3 is 15.2 Å². The Bertz CT molecular complexity index is 623. The maximum Gasteiger partial charge on any atom is 0.329 e. The van der Waals surface area contributed by atoms with Crippen molar-refractivity contribution in [1.82, 2.24) is 5.32 Å². The smallest absolute Gasteiger partial charge is 0.329 e. The zero-order chi connectivity index (χ0) is 18.3. The lowest BCUT2D eigenvalue weighted by Gasteiger charge is -2.33. The zero-order valence-electron chi connectivity index (χ0n) is 14.2. The number of Topliss-reactive ketones (excluding diaryl/α,β-unsaturated/α-hetero) is 1. The molecule has 0 unspecified atom stereocenters. The van der Waals surface area contributed by atoms with E-state index in [1.165, 1.54) is 6.92 Å². The fourth-order valence-corrected chi connectivity index (χ4v) is 3.84. The van der Waals surface area contributed by atoms with Crippen LogP contribution >= 0.6 is 11.8 Å². The van der Waals surface area contributed by atoms with Gasteiger partial charge in [0.1, 0.15) is 11.3 Å². The first-order chi connectivity index (χ1) is 11.9. The molecule has 7 heteroatoms. The fraction of sp³-hybridized carbons (Fsp3) is 0.500. The minimum absolute atomic E-state index is 0.00306. The number of carboxylic acids is 1. The molecule has 0 bridgehead atoms. The molecule has 1 heterocycles. The Morgan fingerprint density at radius 1 is 1.20 bits per heavy atom. The third-order valence-corrected chi connectivity index (χ3v) is 5.20. The number of ketones is 1. The maximum absolute atomic E-state index is 12.1. The third-order valence-electron chi connectivity index (χ3n) is 4.21. The summed E-state index contributed by atoms with van der Waals surface area (Å²) in [5.41, 5.74) is -0.498. The number of nitrogens with one attached hydrogen (secondary N) is 1. The summed E-state index contributed by atoms with van der Waals surface area (Å²) in [6.07, 6.45) is 1.62. The highest BCUT2D eigenvalue weighted by atomic mass is 32.2. The number of amides is 1. The molecule has 1 aliphatic heterocycles. The average molecular weight is 365 g/mol. The van der Waals surface area contributed by atoms with Crippen molar-refractivity contribution in [3.05, 3.63) is 29.8 Å². The first-order valence-electron chi connectivity index (χ1n) is 8.29. The van der Waals surface area contributed by atoms with Gasteiger partial charge in [-0.15, -0.1) is 0 Å². The highest BCUT2D eigenvalue weighted by molar-refractivity contribution is 7.99. The molecule has 0 radical (unpaired) electrons. The van der Waals surface area contributed by atoms with E-state index in [-0.39, 0.29) is 18.1 Å². The standard InChI is InChI=1S/C18H23NO5S/c1-13(20)14-4-6-15(7-5-14)24-10-2-3-16(21)19-18(17(22)23)8-11-25-12-9-18/h4-7H,2-3,8-12H2,1H3,(H,19,21)(H,22,23). The van der Waals surface area contributed by atoms with Crippen LogP contribution in [0.3, 0.4) is 0 Å². The predicted octanol–water partition coefficient (Wildman–Crippen LogP) is 2.51. The van der Waals surface area contributed by atoms with Crippen LogP contribution in [0.4, 0.5) is 0 Å². The van der Waals surface area contributed by atoms with E-state index < -0.39 is 11.5 Å². The van der Waals surface area contributed by atoms with Crippen molar-refractivity contribution in [3.8, 4) is 5.75 Å². The summed E-state index contributed by atoms with van der Waals surface area (Å²) in [4.78, 5) is 34.8. The van der Waals surface area contributed by atoms with E-state index in [0.29, 0.717) is 37.2 Å². The molecule has 136 valence electrons. The molecular weight excluding hydrogens is 342 g/mol. The Morgan fingerprint density at radius 3 is 2.40 bits per heavy atom. The minimum Gasteiger partial charge on any atom is -0.494 e. The van der Waals surface area contributed by atoms with Crippen LogP contribution in [0.5, 0.6) is 5.75 Å². The Balaban J connectivity index is 1.74. The summed E-state index contributed by atoms with van der Waals surface area (Å²) in [6.45, 7) is 1.85. The number of aliphatic carboxylic acids is 1. The van der Waals surface area contributed by atoms with Gasteiger partial charge in [0.05, 0.1) is 6.61 Å². The number of carboxylic acid groups (broad SMARTS) is 1. The lowest BCUT2D eigenvalue weighted by Crippen LogP contribution is -2.56. The molecule has 0 saturated carbocycles. The number of thioether (sulfide) groups is 1. The van der Waals surface area contributed by atoms with Crippen LogP contribution in [0.25, 0.3) is 0 Å². The van der Waals surface area contributed by atoms with Gasteiger partial charge in [-0.1, -0.05) is 0 Å². The van der Waals surface area contributed by atoms with E-state index in [9.17, 15) is 19.5 Å². The van der Waals surface area contributed by atoms with Crippen molar-refractivity contribution in [3.63, 3.8) is 0 Å². The first kappa shape index (κ1) is 19.3. The minimum atomic E-state index is -1.12. The molecule has 1 aliphatic rings. The Hall–Kier alpha value is -2.02. The summed E-state index contributed by atoms with van der Waals surface area (Å²) in [6, 6.07) is 6.83. The van der Waals surface area contributed by atoms with E-state index >= 15 is 0 Å². The molecular formula is C18H23NO5S. The molecule has 2 rings (SSSR count). The summed E-state index contributed by atoms with van der Waals surface area (Å²) in [5.74, 6) is 0.902. The maximum atomic E-state index is 12.1. The molecule has 6 nitrogen and oxygen atoms in total. The molecule has 1 amide bonds. The monoisotopic (exact) mass is 365 g/mol. The summed E-state index contributed by atoms with van der Waals surface area (Å²) < 4.78 is 5.54. The number of benzene rings is 1. The second-order valence-corrected chi connectivity index (χ2v) is 7.31. The molecule has 1 fully saturated rings. The van der Waals surface area contributed by atoms with Crippen molar-refractivity contribution in [2.45, 2.75) is 38.1 Å². The predicted molar refractivity (Wildman–Crippen MR) is 96.2 cm³/mol. The molecule has 0 atom stereocenters. The number of carbonyl (C=O) groups is 3. The molecule has 1 aromatic rings. The Labute approximate surface area is 151 Å². The van der Waals surface area contributed by atoms with Crippen LogP contribution in [0, 0.1) is 0 Å². The first-order valence-corrected chi connectivity index (χ1v) is 9.44. The SMILES string of the molecule is CC(=O)c1ccc(OCCCC(=O)NC2(C(=O)O)CCSCC2)cc1. The summed E-state index contributed by atoms with van der Waals surface area (Å²) in [5, 5.41) is 12.2. The molecule has 1 aromatic carbocycles. The lowest BCUT2D eigenvalue weighted by molar-refractivity contribution is -0.148. The van der Waals surface area contributed by atoms with Crippen LogP contribution in [0.1, 0.15) is 43.0 Å². The number of hydrogen-bond donors (Lipinski definition) is 2. The molecule has 0 aromatic heterocycles. The lowest BCUT2D eigenvalue weighted by atomic mass is 9.92. The van der Waals surface area contributed by atoms with E-state index in [0.717, 1.165) is 11.5 Å². The topological polar surface area (TPSA) is 92.7 Å². The molecule has 25 heavy (non-hydrogen) atoms. The van der Waals surface area contributed by atoms with E-state index in [2.05, 4.69) is 5.32 Å². The van der Waals surface area contributed by atoms with Crippen molar-refractivity contribution in [2.75, 3.05) is 18.1 Å². The van der Waals surface area contributed by atoms with Gasteiger partial charge in [0, 0.05) is 12.0 Å². The van der Waals surface area contributed by atoms with Crippen LogP contribution in [-0.2, 0) is 9.59 Å². The van der Waals surface area contributed by atoms with Crippen LogP contribution in [-0.4, -0.2) is 46.4 Å². The summed E-state index contributed by atoms with van der Waals surface area (Å²) >= 11 is 1.71. The third kappa shape index (κ3) is 5.49. The quantitative estimate of drug-likeness (QED) is 0.543. The largest absolute Gasteiger partial charge is 0.494 e. The highest BCUT2D eigenvalue weighted by Crippen LogP contribution is 2.27. The number of carbonyl (C=O) groups excluding carboxylic acids is 2. The van der Waals surface area contributed by atoms with Crippen molar-refractivity contribution in [2.24, 2.45) is 0 Å². The van der Waals surface area contributed by atoms with Gasteiger partial charge in [0.25, 0.3) is 0 Å². The number of hydrogen-bond acceptors (Lipinski definition) is 5. The number of rotatable bonds is 8. The zero-order valence-corrected chi connectivity index (χ0v) is 15.1. The molecule has 0 spiro atoms. The van der Waals surface area contributed by atoms with Crippen molar-refractivity contribution in [1.29, 1.82) is 0 Å². The Morgan fingerprint density at radius 2 is 1.84 bits per heavy atom. The van der Waals surface area contributed by atoms with Gasteiger partial charge >= 0.3 is 5.97 Å². The van der Waals surface area contributed by atoms with Gasteiger partial charge in [0.2, 0.25) is 5.91 Å². The van der Waals surface area contributed by atoms with Crippen LogP contribution in [0.15, 0.2) is 24.3 Å². The van der Waals surface area contributed by atoms with Crippen LogP contribution in [0.2, 0.25) is 0 Å². The normalized spacial score (nSPS) is 16.0.